The summed E-state index contributed by atoms with van der Waals surface area (Å²) in [5.41, 5.74) is 5.17. The molecule has 0 unspecified atom stereocenters. The molecule has 3 rings (SSSR count). The van der Waals surface area contributed by atoms with Crippen LogP contribution in [0.1, 0.15) is 79.1 Å². The minimum absolute atomic E-state index is 0.0972. The predicted octanol–water partition coefficient (Wildman–Crippen LogP) is 3.10. The molecule has 1 saturated heterocycles. The molecule has 0 amide bonds. The molecule has 2 fully saturated rings. The molecule has 27 heavy (non-hydrogen) atoms. The van der Waals surface area contributed by atoms with Crippen molar-refractivity contribution in [1.82, 2.24) is 20.0 Å². The molecule has 1 saturated carbocycles. The van der Waals surface area contributed by atoms with Crippen LogP contribution in [0.2, 0.25) is 0 Å². The minimum atomic E-state index is 0.0972. The number of rotatable bonds is 3. The van der Waals surface area contributed by atoms with Gasteiger partial charge in [-0.25, -0.2) is 15.0 Å². The number of hydrogen-bond donors (Lipinski definition) is 2. The Kier molecular flexibility index (Phi) is 10.9. The zero-order valence-electron chi connectivity index (χ0n) is 17.6. The molecule has 0 spiro atoms. The van der Waals surface area contributed by atoms with Gasteiger partial charge in [-0.3, -0.25) is 4.84 Å². The zero-order valence-corrected chi connectivity index (χ0v) is 17.6. The molecule has 0 atom stereocenters. The fourth-order valence-corrected chi connectivity index (χ4v) is 3.79. The van der Waals surface area contributed by atoms with Crippen LogP contribution in [0.4, 0.5) is 0 Å². The van der Waals surface area contributed by atoms with E-state index in [4.69, 9.17) is 15.7 Å². The standard InChI is InChI=1S/C15H29NO.C3H3N3.C2H7NO/c1-14(2)11-8-12-15(3,4)16(14)17-13-9-6-5-7-10-13;1-4-2-6-3-5-1;3-1-2-4/h13H,5-12H2,1-4H3;1-3H;4H,1-3H2. The Morgan fingerprint density at radius 3 is 1.74 bits per heavy atom. The van der Waals surface area contributed by atoms with Crippen molar-refractivity contribution < 1.29 is 9.94 Å². The number of hydrogen-bond acceptors (Lipinski definition) is 7. The first-order valence-corrected chi connectivity index (χ1v) is 10.2. The Bertz CT molecular complexity index is 434. The third kappa shape index (κ3) is 9.06. The first-order chi connectivity index (χ1) is 12.8. The molecule has 1 aromatic rings. The average Bonchev–Trinajstić information content (AvgIpc) is 2.67. The van der Waals surface area contributed by atoms with E-state index in [0.717, 1.165) is 0 Å². The SMILES string of the molecule is CC1(C)CCCC(C)(C)N1OC1CCCCC1.NCCO.c1ncncn1. The van der Waals surface area contributed by atoms with E-state index in [-0.39, 0.29) is 17.7 Å². The smallest absolute Gasteiger partial charge is 0.119 e. The van der Waals surface area contributed by atoms with Gasteiger partial charge in [-0.05, 0) is 59.8 Å². The maximum Gasteiger partial charge on any atom is 0.119 e. The van der Waals surface area contributed by atoms with Gasteiger partial charge in [-0.1, -0.05) is 19.3 Å². The lowest BCUT2D eigenvalue weighted by molar-refractivity contribution is -0.308. The predicted molar refractivity (Wildman–Crippen MR) is 108 cm³/mol. The van der Waals surface area contributed by atoms with Crippen LogP contribution in [0.5, 0.6) is 0 Å². The van der Waals surface area contributed by atoms with Crippen molar-refractivity contribution in [2.75, 3.05) is 13.2 Å². The molecular weight excluding hydrogens is 342 g/mol. The molecule has 0 bridgehead atoms. The number of piperidine rings is 1. The number of nitrogens with zero attached hydrogens (tertiary/aromatic N) is 4. The average molecular weight is 382 g/mol. The molecule has 0 aromatic carbocycles. The number of nitrogens with two attached hydrogens (primary N) is 1. The van der Waals surface area contributed by atoms with Gasteiger partial charge < -0.3 is 10.8 Å². The lowest BCUT2D eigenvalue weighted by atomic mass is 9.82. The Hall–Kier alpha value is -1.15. The van der Waals surface area contributed by atoms with Crippen LogP contribution in [0.3, 0.4) is 0 Å². The van der Waals surface area contributed by atoms with Crippen LogP contribution in [0, 0.1) is 0 Å². The molecule has 156 valence electrons. The summed E-state index contributed by atoms with van der Waals surface area (Å²) in [4.78, 5) is 17.1. The van der Waals surface area contributed by atoms with E-state index in [1.807, 2.05) is 0 Å². The summed E-state index contributed by atoms with van der Waals surface area (Å²) in [5.74, 6) is 0. The second kappa shape index (κ2) is 12.3. The van der Waals surface area contributed by atoms with Crippen molar-refractivity contribution in [3.8, 4) is 0 Å². The van der Waals surface area contributed by atoms with E-state index in [0.29, 0.717) is 12.6 Å². The highest BCUT2D eigenvalue weighted by Crippen LogP contribution is 2.39. The molecule has 1 aliphatic heterocycles. The lowest BCUT2D eigenvalue weighted by Gasteiger charge is -2.52. The fourth-order valence-electron chi connectivity index (χ4n) is 3.79. The van der Waals surface area contributed by atoms with Gasteiger partial charge in [0.2, 0.25) is 0 Å². The molecule has 7 nitrogen and oxygen atoms in total. The second-order valence-corrected chi connectivity index (χ2v) is 8.44. The van der Waals surface area contributed by atoms with E-state index in [1.54, 1.807) is 0 Å². The number of aliphatic hydroxyl groups excluding tert-OH is 1. The largest absolute Gasteiger partial charge is 0.395 e. The molecule has 1 aliphatic carbocycles. The van der Waals surface area contributed by atoms with Gasteiger partial charge in [0, 0.05) is 17.6 Å². The summed E-state index contributed by atoms with van der Waals surface area (Å²) in [7, 11) is 0. The Balaban J connectivity index is 0.000000299. The van der Waals surface area contributed by atoms with E-state index < -0.39 is 0 Å². The Morgan fingerprint density at radius 1 is 0.926 bits per heavy atom. The van der Waals surface area contributed by atoms with E-state index in [9.17, 15) is 0 Å². The fraction of sp³-hybridized carbons (Fsp3) is 0.850. The van der Waals surface area contributed by atoms with Gasteiger partial charge >= 0.3 is 0 Å². The molecule has 2 heterocycles. The van der Waals surface area contributed by atoms with Crippen molar-refractivity contribution in [2.24, 2.45) is 5.73 Å². The Morgan fingerprint density at radius 2 is 1.37 bits per heavy atom. The molecular formula is C20H39N5O2. The van der Waals surface area contributed by atoms with Gasteiger partial charge in [0.1, 0.15) is 19.0 Å². The van der Waals surface area contributed by atoms with Crippen molar-refractivity contribution in [2.45, 2.75) is 96.2 Å². The summed E-state index contributed by atoms with van der Waals surface area (Å²) in [6.07, 6.45) is 15.2. The number of aromatic nitrogens is 3. The summed E-state index contributed by atoms with van der Waals surface area (Å²) in [6.45, 7) is 9.79. The van der Waals surface area contributed by atoms with Crippen molar-refractivity contribution >= 4 is 0 Å². The summed E-state index contributed by atoms with van der Waals surface area (Å²) >= 11 is 0. The first kappa shape index (κ1) is 23.9. The van der Waals surface area contributed by atoms with Crippen molar-refractivity contribution in [1.29, 1.82) is 0 Å². The maximum absolute atomic E-state index is 7.75. The van der Waals surface area contributed by atoms with Crippen LogP contribution in [0.15, 0.2) is 19.0 Å². The molecule has 0 radical (unpaired) electrons. The molecule has 1 aromatic heterocycles. The van der Waals surface area contributed by atoms with Crippen LogP contribution in [-0.2, 0) is 4.84 Å². The van der Waals surface area contributed by atoms with Crippen molar-refractivity contribution in [3.63, 3.8) is 0 Å². The van der Waals surface area contributed by atoms with E-state index >= 15 is 0 Å². The summed E-state index contributed by atoms with van der Waals surface area (Å²) < 4.78 is 0. The normalized spacial score (nSPS) is 22.0. The van der Waals surface area contributed by atoms with Crippen LogP contribution < -0.4 is 5.73 Å². The summed E-state index contributed by atoms with van der Waals surface area (Å²) in [6, 6.07) is 0. The van der Waals surface area contributed by atoms with E-state index in [1.165, 1.54) is 70.3 Å². The van der Waals surface area contributed by atoms with Crippen LogP contribution in [-0.4, -0.2) is 55.5 Å². The van der Waals surface area contributed by atoms with Crippen LogP contribution in [0.25, 0.3) is 0 Å². The van der Waals surface area contributed by atoms with E-state index in [2.05, 4.69) is 47.7 Å². The lowest BCUT2D eigenvalue weighted by Crippen LogP contribution is -2.59. The highest BCUT2D eigenvalue weighted by Gasteiger charge is 2.43. The quantitative estimate of drug-likeness (QED) is 0.830. The molecule has 3 N–H and O–H groups in total. The first-order valence-electron chi connectivity index (χ1n) is 10.2. The van der Waals surface area contributed by atoms with Crippen molar-refractivity contribution in [3.05, 3.63) is 19.0 Å². The highest BCUT2D eigenvalue weighted by molar-refractivity contribution is 4.93. The third-order valence-corrected chi connectivity index (χ3v) is 5.01. The van der Waals surface area contributed by atoms with Gasteiger partial charge in [0.25, 0.3) is 0 Å². The highest BCUT2D eigenvalue weighted by atomic mass is 16.7. The third-order valence-electron chi connectivity index (χ3n) is 5.01. The van der Waals surface area contributed by atoms with Gasteiger partial charge in [0.15, 0.2) is 0 Å². The van der Waals surface area contributed by atoms with Gasteiger partial charge in [-0.2, -0.15) is 5.06 Å². The zero-order chi connectivity index (χ0) is 20.2. The topological polar surface area (TPSA) is 97.4 Å². The monoisotopic (exact) mass is 381 g/mol. The van der Waals surface area contributed by atoms with Gasteiger partial charge in [0.05, 0.1) is 12.7 Å². The minimum Gasteiger partial charge on any atom is -0.395 e. The summed E-state index contributed by atoms with van der Waals surface area (Å²) in [5, 5.41) is 10.1. The second-order valence-electron chi connectivity index (χ2n) is 8.44. The molecule has 7 heteroatoms. The molecule has 2 aliphatic rings. The van der Waals surface area contributed by atoms with Gasteiger partial charge in [-0.15, -0.1) is 0 Å². The number of hydroxylamine groups is 2. The number of aliphatic hydroxyl groups is 1. The van der Waals surface area contributed by atoms with Crippen LogP contribution >= 0.6 is 0 Å². The maximum atomic E-state index is 7.75. The Labute approximate surface area is 164 Å².